The molecule has 0 bridgehead atoms. The highest BCUT2D eigenvalue weighted by Gasteiger charge is 2.20. The molecule has 7 heteroatoms. The monoisotopic (exact) mass is 314 g/mol. The van der Waals surface area contributed by atoms with Crippen LogP contribution in [0.4, 0.5) is 0 Å². The summed E-state index contributed by atoms with van der Waals surface area (Å²) in [5.41, 5.74) is -0.595. The number of benzene rings is 2. The summed E-state index contributed by atoms with van der Waals surface area (Å²) in [6, 6.07) is 10.1. The van der Waals surface area contributed by atoms with E-state index in [2.05, 4.69) is 4.74 Å². The molecule has 0 unspecified atom stereocenters. The minimum atomic E-state index is -1.32. The minimum absolute atomic E-state index is 0.0240. The van der Waals surface area contributed by atoms with Gasteiger partial charge < -0.3 is 14.9 Å². The lowest BCUT2D eigenvalue weighted by Gasteiger charge is -2.06. The summed E-state index contributed by atoms with van der Waals surface area (Å²) in [5.74, 6) is -4.59. The lowest BCUT2D eigenvalue weighted by molar-refractivity contribution is 0.0391. The van der Waals surface area contributed by atoms with Gasteiger partial charge in [0.2, 0.25) is 0 Å². The molecule has 116 valence electrons. The second-order valence-corrected chi connectivity index (χ2v) is 4.41. The Morgan fingerprint density at radius 2 is 1.17 bits per heavy atom. The van der Waals surface area contributed by atoms with Crippen molar-refractivity contribution >= 4 is 23.9 Å². The quantitative estimate of drug-likeness (QED) is 0.655. The van der Waals surface area contributed by atoms with Gasteiger partial charge in [-0.3, -0.25) is 0 Å². The van der Waals surface area contributed by atoms with Gasteiger partial charge in [-0.05, 0) is 36.4 Å². The molecule has 0 amide bonds. The van der Waals surface area contributed by atoms with Crippen LogP contribution in [0.1, 0.15) is 41.4 Å². The lowest BCUT2D eigenvalue weighted by Crippen LogP contribution is -2.16. The number of hydrogen-bond donors (Lipinski definition) is 2. The maximum atomic E-state index is 11.9. The van der Waals surface area contributed by atoms with E-state index in [0.717, 1.165) is 0 Å². The second kappa shape index (κ2) is 6.52. The van der Waals surface area contributed by atoms with Crippen LogP contribution in [0.2, 0.25) is 0 Å². The van der Waals surface area contributed by atoms with E-state index in [-0.39, 0.29) is 22.3 Å². The zero-order valence-corrected chi connectivity index (χ0v) is 11.6. The van der Waals surface area contributed by atoms with Crippen molar-refractivity contribution in [2.24, 2.45) is 0 Å². The van der Waals surface area contributed by atoms with Crippen LogP contribution in [0.15, 0.2) is 48.5 Å². The summed E-state index contributed by atoms with van der Waals surface area (Å²) in [4.78, 5) is 45.5. The number of hydrogen-bond acceptors (Lipinski definition) is 5. The fraction of sp³-hybridized carbons (Fsp3) is 0. The molecule has 0 heterocycles. The van der Waals surface area contributed by atoms with E-state index in [1.54, 1.807) is 0 Å². The number of carboxylic acids is 2. The molecule has 0 aromatic heterocycles. The number of carboxylic acid groups (broad SMARTS) is 2. The first-order valence-corrected chi connectivity index (χ1v) is 6.32. The van der Waals surface area contributed by atoms with Crippen LogP contribution < -0.4 is 0 Å². The van der Waals surface area contributed by atoms with E-state index in [1.165, 1.54) is 48.5 Å². The highest BCUT2D eigenvalue weighted by atomic mass is 16.6. The van der Waals surface area contributed by atoms with Crippen molar-refractivity contribution in [3.63, 3.8) is 0 Å². The average Bonchev–Trinajstić information content (AvgIpc) is 2.54. The molecule has 2 rings (SSSR count). The first kappa shape index (κ1) is 15.9. The van der Waals surface area contributed by atoms with Gasteiger partial charge >= 0.3 is 23.9 Å². The van der Waals surface area contributed by atoms with E-state index in [4.69, 9.17) is 10.2 Å². The van der Waals surface area contributed by atoms with E-state index in [9.17, 15) is 19.2 Å². The van der Waals surface area contributed by atoms with Gasteiger partial charge in [-0.2, -0.15) is 0 Å². The van der Waals surface area contributed by atoms with Crippen molar-refractivity contribution in [2.45, 2.75) is 0 Å². The number of carbonyl (C=O) groups excluding carboxylic acids is 2. The van der Waals surface area contributed by atoms with E-state index < -0.39 is 23.9 Å². The highest BCUT2D eigenvalue weighted by Crippen LogP contribution is 2.12. The molecule has 2 N–H and O–H groups in total. The zero-order chi connectivity index (χ0) is 17.0. The molecule has 0 aliphatic carbocycles. The fourth-order valence-corrected chi connectivity index (χ4v) is 1.79. The Balaban J connectivity index is 2.18. The zero-order valence-electron chi connectivity index (χ0n) is 11.6. The molecule has 23 heavy (non-hydrogen) atoms. The van der Waals surface area contributed by atoms with Gasteiger partial charge in [0.05, 0.1) is 22.3 Å². The Bertz CT molecular complexity index is 790. The maximum absolute atomic E-state index is 11.9. The van der Waals surface area contributed by atoms with Gasteiger partial charge in [0, 0.05) is 0 Å². The lowest BCUT2D eigenvalue weighted by atomic mass is 10.1. The Hall–Kier alpha value is -3.48. The molecule has 0 fully saturated rings. The first-order valence-electron chi connectivity index (χ1n) is 6.32. The summed E-state index contributed by atoms with van der Waals surface area (Å²) in [5, 5.41) is 17.8. The van der Waals surface area contributed by atoms with Crippen molar-refractivity contribution < 1.29 is 34.1 Å². The van der Waals surface area contributed by atoms with Crippen LogP contribution in [-0.2, 0) is 4.74 Å². The first-order chi connectivity index (χ1) is 10.9. The third kappa shape index (κ3) is 3.59. The highest BCUT2D eigenvalue weighted by molar-refractivity contribution is 6.07. The van der Waals surface area contributed by atoms with Gasteiger partial charge in [-0.15, -0.1) is 0 Å². The van der Waals surface area contributed by atoms with Crippen LogP contribution in [-0.4, -0.2) is 34.1 Å². The minimum Gasteiger partial charge on any atom is -0.478 e. The summed E-state index contributed by atoms with van der Waals surface area (Å²) in [6.07, 6.45) is 0. The van der Waals surface area contributed by atoms with E-state index in [0.29, 0.717) is 0 Å². The van der Waals surface area contributed by atoms with Crippen molar-refractivity contribution in [2.75, 3.05) is 0 Å². The summed E-state index contributed by atoms with van der Waals surface area (Å²) in [7, 11) is 0. The van der Waals surface area contributed by atoms with Crippen LogP contribution in [0, 0.1) is 0 Å². The Labute approximate surface area is 129 Å². The molecular formula is C16H10O7. The van der Waals surface area contributed by atoms with E-state index in [1.807, 2.05) is 0 Å². The van der Waals surface area contributed by atoms with Crippen molar-refractivity contribution in [1.29, 1.82) is 0 Å². The molecular weight excluding hydrogens is 304 g/mol. The van der Waals surface area contributed by atoms with Gasteiger partial charge in [0.1, 0.15) is 0 Å². The van der Waals surface area contributed by atoms with Crippen LogP contribution >= 0.6 is 0 Å². The Morgan fingerprint density at radius 1 is 0.652 bits per heavy atom. The normalized spacial score (nSPS) is 9.91. The molecule has 7 nitrogen and oxygen atoms in total. The van der Waals surface area contributed by atoms with Crippen molar-refractivity contribution in [1.82, 2.24) is 0 Å². The number of aromatic carboxylic acids is 2. The van der Waals surface area contributed by atoms with Gasteiger partial charge in [0.25, 0.3) is 0 Å². The van der Waals surface area contributed by atoms with Gasteiger partial charge in [0.15, 0.2) is 0 Å². The van der Waals surface area contributed by atoms with Crippen LogP contribution in [0.5, 0.6) is 0 Å². The van der Waals surface area contributed by atoms with Gasteiger partial charge in [-0.25, -0.2) is 19.2 Å². The van der Waals surface area contributed by atoms with Crippen molar-refractivity contribution in [3.05, 3.63) is 70.8 Å². The Morgan fingerprint density at radius 3 is 1.70 bits per heavy atom. The molecule has 0 aliphatic rings. The number of esters is 2. The third-order valence-corrected chi connectivity index (χ3v) is 2.93. The molecule has 0 aliphatic heterocycles. The molecule has 0 saturated heterocycles. The van der Waals surface area contributed by atoms with Crippen LogP contribution in [0.25, 0.3) is 0 Å². The molecule has 0 atom stereocenters. The smallest absolute Gasteiger partial charge is 0.346 e. The largest absolute Gasteiger partial charge is 0.478 e. The van der Waals surface area contributed by atoms with E-state index >= 15 is 0 Å². The summed E-state index contributed by atoms with van der Waals surface area (Å²) >= 11 is 0. The maximum Gasteiger partial charge on any atom is 0.346 e. The van der Waals surface area contributed by atoms with Crippen LogP contribution in [0.3, 0.4) is 0 Å². The topological polar surface area (TPSA) is 118 Å². The molecule has 0 spiro atoms. The second-order valence-electron chi connectivity index (χ2n) is 4.41. The Kier molecular flexibility index (Phi) is 4.51. The molecule has 2 aromatic rings. The fourth-order valence-electron chi connectivity index (χ4n) is 1.79. The number of ether oxygens (including phenoxy) is 1. The molecule has 0 saturated carbocycles. The predicted molar refractivity (Wildman–Crippen MR) is 76.5 cm³/mol. The summed E-state index contributed by atoms with van der Waals surface area (Å²) < 4.78 is 4.63. The molecule has 2 aromatic carbocycles. The predicted octanol–water partition coefficient (Wildman–Crippen LogP) is 2.08. The number of carbonyl (C=O) groups is 4. The van der Waals surface area contributed by atoms with Crippen molar-refractivity contribution in [3.8, 4) is 0 Å². The van der Waals surface area contributed by atoms with Gasteiger partial charge in [-0.1, -0.05) is 12.1 Å². The summed E-state index contributed by atoms with van der Waals surface area (Å²) in [6.45, 7) is 0. The third-order valence-electron chi connectivity index (χ3n) is 2.93. The average molecular weight is 314 g/mol. The number of rotatable bonds is 4. The standard InChI is InChI=1S/C16H10O7/c17-13(18)9-5-7-10(8-6-9)15(21)23-16(22)12-4-2-1-3-11(12)14(19)20/h1-8H,(H,17,18)(H,19,20). The molecule has 0 radical (unpaired) electrons. The SMILES string of the molecule is O=C(O)c1ccc(C(=O)OC(=O)c2ccccc2C(=O)O)cc1.